The number of hydrogen-bond acceptors (Lipinski definition) is 2. The molecular weight excluding hydrogens is 367 g/mol. The fourth-order valence-electron chi connectivity index (χ4n) is 1.45. The lowest BCUT2D eigenvalue weighted by Crippen LogP contribution is -1.95. The number of aromatic nitrogens is 1. The predicted molar refractivity (Wildman–Crippen MR) is 79.1 cm³/mol. The molecule has 0 atom stereocenters. The third-order valence-electron chi connectivity index (χ3n) is 2.11. The Morgan fingerprint density at radius 1 is 1.18 bits per heavy atom. The normalized spacial score (nSPS) is 10.4. The summed E-state index contributed by atoms with van der Waals surface area (Å²) < 4.78 is 1.87. The van der Waals surface area contributed by atoms with Crippen LogP contribution in [0.1, 0.15) is 5.56 Å². The molecule has 0 aliphatic heterocycles. The molecule has 0 fully saturated rings. The first-order chi connectivity index (χ1) is 8.04. The van der Waals surface area contributed by atoms with Gasteiger partial charge in [-0.3, -0.25) is 0 Å². The Bertz CT molecular complexity index is 538. The van der Waals surface area contributed by atoms with Gasteiger partial charge in [0.15, 0.2) is 0 Å². The Labute approximate surface area is 122 Å². The zero-order valence-electron chi connectivity index (χ0n) is 8.97. The molecule has 0 aliphatic carbocycles. The summed E-state index contributed by atoms with van der Waals surface area (Å²) in [5, 5.41) is 3.84. The van der Waals surface area contributed by atoms with Gasteiger partial charge < -0.3 is 5.32 Å². The highest BCUT2D eigenvalue weighted by Crippen LogP contribution is 2.27. The Kier molecular flexibility index (Phi) is 4.07. The zero-order valence-corrected chi connectivity index (χ0v) is 12.9. The molecule has 0 saturated carbocycles. The summed E-state index contributed by atoms with van der Waals surface area (Å²) in [6.07, 6.45) is 1.61. The number of nitrogens with one attached hydrogen (secondary N) is 1. The zero-order chi connectivity index (χ0) is 12.4. The van der Waals surface area contributed by atoms with Crippen LogP contribution in [0.25, 0.3) is 0 Å². The highest BCUT2D eigenvalue weighted by Gasteiger charge is 2.04. The van der Waals surface area contributed by atoms with Gasteiger partial charge in [-0.15, -0.1) is 0 Å². The lowest BCUT2D eigenvalue weighted by molar-refractivity contribution is 1.29. The molecule has 0 radical (unpaired) electrons. The number of hydrogen-bond donors (Lipinski definition) is 1. The molecule has 0 saturated heterocycles. The van der Waals surface area contributed by atoms with Crippen molar-refractivity contribution in [3.8, 4) is 0 Å². The molecule has 0 unspecified atom stereocenters. The molecule has 88 valence electrons. The van der Waals surface area contributed by atoms with Crippen LogP contribution in [0.3, 0.4) is 0 Å². The Hall–Kier alpha value is -0.580. The number of halogens is 3. The van der Waals surface area contributed by atoms with Crippen molar-refractivity contribution in [1.29, 1.82) is 0 Å². The standard InChI is InChI=1S/C12H9Br2ClN2/c1-7-2-8(13)4-10(3-7)17-12-11(14)5-9(15)6-16-12/h2-6H,1H3,(H,16,17). The van der Waals surface area contributed by atoms with Crippen molar-refractivity contribution in [3.05, 3.63) is 50.0 Å². The van der Waals surface area contributed by atoms with E-state index in [0.29, 0.717) is 5.02 Å². The fraction of sp³-hybridized carbons (Fsp3) is 0.0833. The largest absolute Gasteiger partial charge is 0.339 e. The molecule has 0 amide bonds. The topological polar surface area (TPSA) is 24.9 Å². The van der Waals surface area contributed by atoms with Crippen LogP contribution < -0.4 is 5.32 Å². The second kappa shape index (κ2) is 5.38. The minimum Gasteiger partial charge on any atom is -0.339 e. The summed E-state index contributed by atoms with van der Waals surface area (Å²) >= 11 is 12.7. The molecule has 2 aromatic rings. The van der Waals surface area contributed by atoms with Crippen LogP contribution in [-0.4, -0.2) is 4.98 Å². The van der Waals surface area contributed by atoms with Crippen LogP contribution in [0.15, 0.2) is 39.4 Å². The van der Waals surface area contributed by atoms with Crippen LogP contribution in [0, 0.1) is 6.92 Å². The van der Waals surface area contributed by atoms with Crippen molar-refractivity contribution in [2.75, 3.05) is 5.32 Å². The second-order valence-electron chi connectivity index (χ2n) is 3.63. The van der Waals surface area contributed by atoms with E-state index < -0.39 is 0 Å². The SMILES string of the molecule is Cc1cc(Br)cc(Nc2ncc(Cl)cc2Br)c1. The maximum atomic E-state index is 5.84. The second-order valence-corrected chi connectivity index (χ2v) is 5.83. The van der Waals surface area contributed by atoms with Crippen LogP contribution in [0.4, 0.5) is 11.5 Å². The van der Waals surface area contributed by atoms with Gasteiger partial charge in [-0.25, -0.2) is 4.98 Å². The summed E-state index contributed by atoms with van der Waals surface area (Å²) in [4.78, 5) is 4.23. The third-order valence-corrected chi connectivity index (χ3v) is 3.38. The van der Waals surface area contributed by atoms with Gasteiger partial charge in [0.25, 0.3) is 0 Å². The molecule has 1 aromatic carbocycles. The van der Waals surface area contributed by atoms with Crippen molar-refractivity contribution in [1.82, 2.24) is 4.98 Å². The van der Waals surface area contributed by atoms with Crippen molar-refractivity contribution in [3.63, 3.8) is 0 Å². The lowest BCUT2D eigenvalue weighted by Gasteiger charge is -2.09. The summed E-state index contributed by atoms with van der Waals surface area (Å²) in [7, 11) is 0. The fourth-order valence-corrected chi connectivity index (χ4v) is 2.80. The van der Waals surface area contributed by atoms with E-state index in [-0.39, 0.29) is 0 Å². The van der Waals surface area contributed by atoms with E-state index in [1.807, 2.05) is 25.1 Å². The monoisotopic (exact) mass is 374 g/mol. The summed E-state index contributed by atoms with van der Waals surface area (Å²) in [5.41, 5.74) is 2.15. The van der Waals surface area contributed by atoms with Crippen molar-refractivity contribution >= 4 is 55.0 Å². The van der Waals surface area contributed by atoms with Crippen LogP contribution in [-0.2, 0) is 0 Å². The van der Waals surface area contributed by atoms with Crippen molar-refractivity contribution < 1.29 is 0 Å². The van der Waals surface area contributed by atoms with Crippen molar-refractivity contribution in [2.45, 2.75) is 6.92 Å². The first-order valence-electron chi connectivity index (χ1n) is 4.90. The number of anilines is 2. The molecular formula is C12H9Br2ClN2. The van der Waals surface area contributed by atoms with Gasteiger partial charge in [-0.2, -0.15) is 0 Å². The van der Waals surface area contributed by atoms with E-state index in [9.17, 15) is 0 Å². The summed E-state index contributed by atoms with van der Waals surface area (Å²) in [6, 6.07) is 7.90. The molecule has 1 aromatic heterocycles. The number of nitrogens with zero attached hydrogens (tertiary/aromatic N) is 1. The summed E-state index contributed by atoms with van der Waals surface area (Å²) in [5.74, 6) is 0.743. The van der Waals surface area contributed by atoms with Crippen LogP contribution in [0.2, 0.25) is 5.02 Å². The van der Waals surface area contributed by atoms with Crippen molar-refractivity contribution in [2.24, 2.45) is 0 Å². The summed E-state index contributed by atoms with van der Waals surface area (Å²) in [6.45, 7) is 2.04. The first kappa shape index (κ1) is 12.9. The van der Waals surface area contributed by atoms with Gasteiger partial charge >= 0.3 is 0 Å². The minimum absolute atomic E-state index is 0.604. The molecule has 2 rings (SSSR count). The quantitative estimate of drug-likeness (QED) is 0.768. The molecule has 17 heavy (non-hydrogen) atoms. The van der Waals surface area contributed by atoms with Crippen LogP contribution >= 0.6 is 43.5 Å². The van der Waals surface area contributed by atoms with Gasteiger partial charge in [0.05, 0.1) is 9.50 Å². The van der Waals surface area contributed by atoms with Gasteiger partial charge in [0, 0.05) is 16.4 Å². The van der Waals surface area contributed by atoms with Gasteiger partial charge in [-0.1, -0.05) is 27.5 Å². The Morgan fingerprint density at radius 3 is 2.59 bits per heavy atom. The first-order valence-corrected chi connectivity index (χ1v) is 6.86. The maximum absolute atomic E-state index is 5.84. The maximum Gasteiger partial charge on any atom is 0.144 e. The molecule has 0 bridgehead atoms. The Morgan fingerprint density at radius 2 is 1.94 bits per heavy atom. The average molecular weight is 376 g/mol. The van der Waals surface area contributed by atoms with Gasteiger partial charge in [0.2, 0.25) is 0 Å². The van der Waals surface area contributed by atoms with Gasteiger partial charge in [0.1, 0.15) is 5.82 Å². The lowest BCUT2D eigenvalue weighted by atomic mass is 10.2. The van der Waals surface area contributed by atoms with E-state index in [4.69, 9.17) is 11.6 Å². The number of rotatable bonds is 2. The molecule has 2 nitrogen and oxygen atoms in total. The predicted octanol–water partition coefficient (Wildman–Crippen LogP) is 5.31. The molecule has 0 aliphatic rings. The smallest absolute Gasteiger partial charge is 0.144 e. The molecule has 0 spiro atoms. The highest BCUT2D eigenvalue weighted by molar-refractivity contribution is 9.10. The number of pyridine rings is 1. The van der Waals surface area contributed by atoms with E-state index in [1.165, 1.54) is 5.56 Å². The van der Waals surface area contributed by atoms with E-state index in [2.05, 4.69) is 48.2 Å². The van der Waals surface area contributed by atoms with E-state index in [0.717, 1.165) is 20.5 Å². The average Bonchev–Trinajstić information content (AvgIpc) is 2.21. The minimum atomic E-state index is 0.604. The van der Waals surface area contributed by atoms with Gasteiger partial charge in [-0.05, 0) is 52.7 Å². The van der Waals surface area contributed by atoms with Crippen LogP contribution in [0.5, 0.6) is 0 Å². The molecule has 5 heteroatoms. The Balaban J connectivity index is 2.31. The van der Waals surface area contributed by atoms with E-state index in [1.54, 1.807) is 6.20 Å². The molecule has 1 heterocycles. The number of benzene rings is 1. The molecule has 1 N–H and O–H groups in total. The van der Waals surface area contributed by atoms with E-state index >= 15 is 0 Å². The highest BCUT2D eigenvalue weighted by atomic mass is 79.9. The number of aryl methyl sites for hydroxylation is 1. The third kappa shape index (κ3) is 3.44.